The summed E-state index contributed by atoms with van der Waals surface area (Å²) in [5.74, 6) is -1.48. The number of hydrogen-bond donors (Lipinski definition) is 2. The molecule has 0 amide bonds. The van der Waals surface area contributed by atoms with E-state index in [0.717, 1.165) is 10.9 Å². The van der Waals surface area contributed by atoms with E-state index in [2.05, 4.69) is 4.98 Å². The summed E-state index contributed by atoms with van der Waals surface area (Å²) < 4.78 is 5.46. The molecule has 1 aliphatic heterocycles. The van der Waals surface area contributed by atoms with Crippen LogP contribution in [-0.2, 0) is 6.42 Å². The molecule has 0 bridgehead atoms. The Balaban J connectivity index is 1.56. The number of carbonyl (C=O) groups is 2. The second-order valence-corrected chi connectivity index (χ2v) is 6.61. The number of nitrogens with zero attached hydrogens (tertiary/aromatic N) is 1. The molecule has 4 rings (SSSR count). The van der Waals surface area contributed by atoms with Crippen LogP contribution in [0.1, 0.15) is 32.7 Å². The number of carboxylic acids is 1. The zero-order valence-electron chi connectivity index (χ0n) is 14.3. The van der Waals surface area contributed by atoms with Gasteiger partial charge in [-0.3, -0.25) is 9.78 Å². The van der Waals surface area contributed by atoms with E-state index in [-0.39, 0.29) is 23.5 Å². The molecule has 3 aromatic rings. The molecule has 0 radical (unpaired) electrons. The number of fused-ring (bicyclic) bond motifs is 2. The highest BCUT2D eigenvalue weighted by Crippen LogP contribution is 2.36. The van der Waals surface area contributed by atoms with Gasteiger partial charge in [-0.1, -0.05) is 18.2 Å². The van der Waals surface area contributed by atoms with Crippen LogP contribution in [0.4, 0.5) is 0 Å². The van der Waals surface area contributed by atoms with Crippen molar-refractivity contribution in [2.45, 2.75) is 18.7 Å². The molecule has 7 heteroatoms. The van der Waals surface area contributed by atoms with E-state index in [1.54, 1.807) is 36.5 Å². The number of ketones is 1. The van der Waals surface area contributed by atoms with Crippen LogP contribution in [0.15, 0.2) is 54.7 Å². The fourth-order valence-electron chi connectivity index (χ4n) is 3.43. The van der Waals surface area contributed by atoms with Gasteiger partial charge in [-0.05, 0) is 42.3 Å². The van der Waals surface area contributed by atoms with Crippen LogP contribution in [0.2, 0.25) is 5.82 Å². The monoisotopic (exact) mass is 361 g/mol. The lowest BCUT2D eigenvalue weighted by molar-refractivity contribution is 0.0693. The zero-order chi connectivity index (χ0) is 19.0. The van der Waals surface area contributed by atoms with Crippen molar-refractivity contribution in [1.29, 1.82) is 0 Å². The first-order valence-corrected chi connectivity index (χ1v) is 8.61. The molecule has 2 heterocycles. The molecule has 0 unspecified atom stereocenters. The van der Waals surface area contributed by atoms with Crippen LogP contribution in [0.3, 0.4) is 0 Å². The number of rotatable bonds is 4. The van der Waals surface area contributed by atoms with E-state index in [9.17, 15) is 19.7 Å². The maximum Gasteiger partial charge on any atom is 0.526 e. The lowest BCUT2D eigenvalue weighted by Crippen LogP contribution is -2.35. The molecule has 0 saturated heterocycles. The summed E-state index contributed by atoms with van der Waals surface area (Å²) in [6.45, 7) is 0. The maximum absolute atomic E-state index is 12.7. The smallest absolute Gasteiger partial charge is 0.526 e. The van der Waals surface area contributed by atoms with Gasteiger partial charge in [-0.15, -0.1) is 0 Å². The van der Waals surface area contributed by atoms with E-state index in [1.807, 2.05) is 12.1 Å². The predicted molar refractivity (Wildman–Crippen MR) is 100 cm³/mol. The van der Waals surface area contributed by atoms with Gasteiger partial charge in [-0.2, -0.15) is 0 Å². The van der Waals surface area contributed by atoms with Gasteiger partial charge in [0.1, 0.15) is 5.75 Å². The molecular formula is C20H16BNO5. The highest BCUT2D eigenvalue weighted by atomic mass is 16.5. The Bertz CT molecular complexity index is 1050. The Morgan fingerprint density at radius 2 is 2.04 bits per heavy atom. The fourth-order valence-corrected chi connectivity index (χ4v) is 3.43. The van der Waals surface area contributed by atoms with Gasteiger partial charge in [0.05, 0.1) is 11.1 Å². The number of hydrogen-bond acceptors (Lipinski definition) is 5. The van der Waals surface area contributed by atoms with Crippen molar-refractivity contribution in [3.63, 3.8) is 0 Å². The first-order valence-electron chi connectivity index (χ1n) is 8.61. The molecule has 1 aromatic heterocycles. The standard InChI is InChI=1S/C20H16BNO5/c23-18(13-6-7-17-12(9-13)4-2-8-22-17)11-15-10-14-3-1-5-16(20(24)25)19(14)27-21(15)26/h1-9,15,26H,10-11H2,(H,24,25)/t15-/m1/s1. The lowest BCUT2D eigenvalue weighted by atomic mass is 9.64. The van der Waals surface area contributed by atoms with Crippen molar-refractivity contribution >= 4 is 29.8 Å². The number of aromatic nitrogens is 1. The lowest BCUT2D eigenvalue weighted by Gasteiger charge is -2.28. The Morgan fingerprint density at radius 3 is 2.85 bits per heavy atom. The summed E-state index contributed by atoms with van der Waals surface area (Å²) in [7, 11) is -1.23. The number of benzene rings is 2. The van der Waals surface area contributed by atoms with Crippen LogP contribution >= 0.6 is 0 Å². The van der Waals surface area contributed by atoms with Crippen molar-refractivity contribution in [1.82, 2.24) is 4.98 Å². The van der Waals surface area contributed by atoms with Crippen molar-refractivity contribution in [3.05, 3.63) is 71.4 Å². The molecule has 0 fully saturated rings. The summed E-state index contributed by atoms with van der Waals surface area (Å²) in [5, 5.41) is 20.4. The minimum absolute atomic E-state index is 0.0124. The highest BCUT2D eigenvalue weighted by Gasteiger charge is 2.37. The Hall–Kier alpha value is -3.19. The van der Waals surface area contributed by atoms with E-state index >= 15 is 0 Å². The maximum atomic E-state index is 12.7. The van der Waals surface area contributed by atoms with Crippen LogP contribution in [-0.4, -0.2) is 34.0 Å². The third kappa shape index (κ3) is 3.29. The Kier molecular flexibility index (Phi) is 4.37. The summed E-state index contributed by atoms with van der Waals surface area (Å²) in [4.78, 5) is 28.3. The van der Waals surface area contributed by atoms with E-state index in [4.69, 9.17) is 4.65 Å². The van der Waals surface area contributed by atoms with Gasteiger partial charge in [0.2, 0.25) is 0 Å². The molecule has 0 aliphatic carbocycles. The fraction of sp³-hybridized carbons (Fsp3) is 0.150. The molecule has 0 spiro atoms. The average molecular weight is 361 g/mol. The van der Waals surface area contributed by atoms with Gasteiger partial charge in [0.25, 0.3) is 0 Å². The van der Waals surface area contributed by atoms with Crippen molar-refractivity contribution in [3.8, 4) is 5.75 Å². The third-order valence-corrected chi connectivity index (χ3v) is 4.82. The number of pyridine rings is 1. The Labute approximate surface area is 155 Å². The van der Waals surface area contributed by atoms with E-state index in [1.165, 1.54) is 6.07 Å². The predicted octanol–water partition coefficient (Wildman–Crippen LogP) is 2.99. The van der Waals surface area contributed by atoms with Crippen molar-refractivity contribution in [2.24, 2.45) is 0 Å². The first-order chi connectivity index (χ1) is 13.0. The van der Waals surface area contributed by atoms with Crippen molar-refractivity contribution < 1.29 is 24.4 Å². The zero-order valence-corrected chi connectivity index (χ0v) is 14.3. The van der Waals surface area contributed by atoms with Crippen LogP contribution in [0, 0.1) is 0 Å². The molecular weight excluding hydrogens is 345 g/mol. The van der Waals surface area contributed by atoms with E-state index in [0.29, 0.717) is 17.5 Å². The van der Waals surface area contributed by atoms with Crippen LogP contribution in [0.25, 0.3) is 10.9 Å². The van der Waals surface area contributed by atoms with Gasteiger partial charge >= 0.3 is 13.1 Å². The quantitative estimate of drug-likeness (QED) is 0.548. The molecule has 27 heavy (non-hydrogen) atoms. The van der Waals surface area contributed by atoms with Crippen LogP contribution < -0.4 is 4.65 Å². The van der Waals surface area contributed by atoms with E-state index < -0.39 is 18.9 Å². The molecule has 2 N–H and O–H groups in total. The summed E-state index contributed by atoms with van der Waals surface area (Å²) in [6, 6.07) is 13.8. The average Bonchev–Trinajstić information content (AvgIpc) is 2.67. The molecule has 2 aromatic carbocycles. The number of para-hydroxylation sites is 1. The minimum Gasteiger partial charge on any atom is -0.535 e. The number of carboxylic acid groups (broad SMARTS) is 1. The summed E-state index contributed by atoms with van der Waals surface area (Å²) >= 11 is 0. The first kappa shape index (κ1) is 17.2. The van der Waals surface area contributed by atoms with Crippen molar-refractivity contribution in [2.75, 3.05) is 0 Å². The third-order valence-electron chi connectivity index (χ3n) is 4.82. The topological polar surface area (TPSA) is 96.7 Å². The molecule has 6 nitrogen and oxygen atoms in total. The molecule has 0 saturated carbocycles. The normalized spacial score (nSPS) is 15.9. The number of Topliss-reactive ketones (excluding diaryl/α,β-unsaturated/α-hetero) is 1. The summed E-state index contributed by atoms with van der Waals surface area (Å²) in [6.07, 6.45) is 2.17. The van der Waals surface area contributed by atoms with Gasteiger partial charge in [-0.25, -0.2) is 4.79 Å². The molecule has 1 aliphatic rings. The molecule has 1 atom stereocenters. The Morgan fingerprint density at radius 1 is 1.19 bits per heavy atom. The largest absolute Gasteiger partial charge is 0.535 e. The summed E-state index contributed by atoms with van der Waals surface area (Å²) in [5.41, 5.74) is 2.05. The van der Waals surface area contributed by atoms with Crippen LogP contribution in [0.5, 0.6) is 5.75 Å². The second kappa shape index (κ2) is 6.85. The number of aromatic carboxylic acids is 1. The SMILES string of the molecule is O=C(C[C@H]1Cc2cccc(C(=O)O)c2OB1O)c1ccc2ncccc2c1. The van der Waals surface area contributed by atoms with Gasteiger partial charge < -0.3 is 14.8 Å². The highest BCUT2D eigenvalue weighted by molar-refractivity contribution is 6.47. The van der Waals surface area contributed by atoms with Gasteiger partial charge in [0.15, 0.2) is 5.78 Å². The number of carbonyl (C=O) groups excluding carboxylic acids is 1. The van der Waals surface area contributed by atoms with Gasteiger partial charge in [0, 0.05) is 29.4 Å². The molecule has 134 valence electrons. The minimum atomic E-state index is -1.23. The second-order valence-electron chi connectivity index (χ2n) is 6.61.